The largest absolute Gasteiger partial charge is 0.545 e. The van der Waals surface area contributed by atoms with Crippen molar-refractivity contribution in [1.29, 1.82) is 0 Å². The van der Waals surface area contributed by atoms with Crippen molar-refractivity contribution in [3.05, 3.63) is 29.8 Å². The topological polar surface area (TPSA) is 53.8 Å². The fourth-order valence-electron chi connectivity index (χ4n) is 3.05. The highest BCUT2D eigenvalue weighted by atomic mass is 16.5. The first-order valence-electron chi connectivity index (χ1n) is 7.93. The van der Waals surface area contributed by atoms with Crippen LogP contribution >= 0.6 is 0 Å². The number of nitrogens with one attached hydrogen (secondary N) is 1. The van der Waals surface area contributed by atoms with Gasteiger partial charge >= 0.3 is 0 Å². The van der Waals surface area contributed by atoms with Crippen LogP contribution < -0.4 is 14.7 Å². The summed E-state index contributed by atoms with van der Waals surface area (Å²) < 4.78 is 5.63. The van der Waals surface area contributed by atoms with Gasteiger partial charge in [0.1, 0.15) is 5.75 Å². The lowest BCUT2D eigenvalue weighted by Gasteiger charge is -2.28. The minimum Gasteiger partial charge on any atom is -0.545 e. The van der Waals surface area contributed by atoms with Crippen LogP contribution in [0, 0.1) is 0 Å². The molecule has 1 aliphatic rings. The van der Waals surface area contributed by atoms with Crippen LogP contribution in [-0.4, -0.2) is 32.2 Å². The number of rotatable bonds is 7. The van der Waals surface area contributed by atoms with Crippen LogP contribution in [-0.2, 0) is 0 Å². The second-order valence-corrected chi connectivity index (χ2v) is 5.95. The van der Waals surface area contributed by atoms with Gasteiger partial charge in [0.05, 0.1) is 32.2 Å². The second-order valence-electron chi connectivity index (χ2n) is 5.95. The predicted molar refractivity (Wildman–Crippen MR) is 79.5 cm³/mol. The molecule has 2 rings (SSSR count). The van der Waals surface area contributed by atoms with Crippen LogP contribution in [0.3, 0.4) is 0 Å². The van der Waals surface area contributed by atoms with E-state index >= 15 is 0 Å². The first-order chi connectivity index (χ1) is 10.2. The van der Waals surface area contributed by atoms with Crippen molar-refractivity contribution in [1.82, 2.24) is 0 Å². The summed E-state index contributed by atoms with van der Waals surface area (Å²) in [5.41, 5.74) is 0.164. The Kier molecular flexibility index (Phi) is 6.05. The molecule has 1 unspecified atom stereocenters. The van der Waals surface area contributed by atoms with Gasteiger partial charge in [-0.25, -0.2) is 0 Å². The summed E-state index contributed by atoms with van der Waals surface area (Å²) in [6.07, 6.45) is 7.81. The van der Waals surface area contributed by atoms with Gasteiger partial charge in [0.2, 0.25) is 0 Å². The molecule has 1 fully saturated rings. The third kappa shape index (κ3) is 5.05. The molecule has 0 spiro atoms. The molecule has 0 heterocycles. The Morgan fingerprint density at radius 2 is 2.10 bits per heavy atom. The number of carboxylic acids is 1. The van der Waals surface area contributed by atoms with Crippen LogP contribution in [0.1, 0.15) is 48.9 Å². The van der Waals surface area contributed by atoms with Crippen molar-refractivity contribution in [3.63, 3.8) is 0 Å². The van der Waals surface area contributed by atoms with E-state index in [0.717, 1.165) is 19.0 Å². The summed E-state index contributed by atoms with van der Waals surface area (Å²) >= 11 is 0. The van der Waals surface area contributed by atoms with E-state index in [4.69, 9.17) is 4.74 Å². The Morgan fingerprint density at radius 3 is 2.81 bits per heavy atom. The highest BCUT2D eigenvalue weighted by molar-refractivity contribution is 5.86. The highest BCUT2D eigenvalue weighted by Gasteiger charge is 2.20. The summed E-state index contributed by atoms with van der Waals surface area (Å²) in [6, 6.07) is 7.31. The van der Waals surface area contributed by atoms with Gasteiger partial charge in [-0.15, -0.1) is 0 Å². The highest BCUT2D eigenvalue weighted by Crippen LogP contribution is 2.15. The summed E-state index contributed by atoms with van der Waals surface area (Å²) in [6.45, 7) is 1.73. The van der Waals surface area contributed by atoms with Crippen LogP contribution in [0.25, 0.3) is 0 Å². The molecule has 1 aliphatic carbocycles. The van der Waals surface area contributed by atoms with Crippen molar-refractivity contribution in [3.8, 4) is 5.75 Å². The molecule has 4 nitrogen and oxygen atoms in total. The molecule has 0 aliphatic heterocycles. The third-order valence-corrected chi connectivity index (χ3v) is 4.36. The van der Waals surface area contributed by atoms with Crippen molar-refractivity contribution in [2.45, 2.75) is 44.6 Å². The Hall–Kier alpha value is -1.55. The molecule has 1 aromatic rings. The van der Waals surface area contributed by atoms with Gasteiger partial charge in [-0.2, -0.15) is 0 Å². The van der Waals surface area contributed by atoms with Gasteiger partial charge in [-0.05, 0) is 37.8 Å². The molecule has 1 aromatic carbocycles. The molecule has 0 bridgehead atoms. The maximum absolute atomic E-state index is 10.8. The first-order valence-corrected chi connectivity index (χ1v) is 7.93. The molecule has 116 valence electrons. The number of hydrogen-bond donors (Lipinski definition) is 1. The standard InChI is InChI=1S/C17H25NO3/c1-18(15-8-3-2-4-9-15)11-6-12-21-16-10-5-7-14(13-16)17(19)20/h5,7,10,13,15H,2-4,6,8-9,11-12H2,1H3,(H,19,20). The number of quaternary nitrogens is 1. The van der Waals surface area contributed by atoms with E-state index < -0.39 is 5.97 Å². The first kappa shape index (κ1) is 15.8. The van der Waals surface area contributed by atoms with Gasteiger partial charge in [0.25, 0.3) is 0 Å². The zero-order chi connectivity index (χ0) is 15.1. The van der Waals surface area contributed by atoms with Crippen LogP contribution in [0.4, 0.5) is 0 Å². The normalized spacial score (nSPS) is 17.4. The van der Waals surface area contributed by atoms with Crippen molar-refractivity contribution in [2.24, 2.45) is 0 Å². The van der Waals surface area contributed by atoms with Gasteiger partial charge in [0, 0.05) is 12.0 Å². The molecule has 0 aromatic heterocycles. The Labute approximate surface area is 126 Å². The molecular weight excluding hydrogens is 266 g/mol. The predicted octanol–water partition coefficient (Wildman–Crippen LogP) is 0.666. The molecule has 4 heteroatoms. The zero-order valence-electron chi connectivity index (χ0n) is 12.8. The van der Waals surface area contributed by atoms with E-state index in [1.165, 1.54) is 44.2 Å². The van der Waals surface area contributed by atoms with Crippen molar-refractivity contribution < 1.29 is 19.5 Å². The summed E-state index contributed by atoms with van der Waals surface area (Å²) in [5, 5.41) is 10.8. The van der Waals surface area contributed by atoms with Gasteiger partial charge < -0.3 is 19.5 Å². The maximum Gasteiger partial charge on any atom is 0.119 e. The number of aromatic carboxylic acids is 1. The molecule has 1 atom stereocenters. The van der Waals surface area contributed by atoms with E-state index in [1.54, 1.807) is 17.0 Å². The minimum absolute atomic E-state index is 0.164. The van der Waals surface area contributed by atoms with Gasteiger partial charge in [-0.3, -0.25) is 0 Å². The minimum atomic E-state index is -1.16. The molecule has 0 saturated heterocycles. The average molecular weight is 291 g/mol. The smallest absolute Gasteiger partial charge is 0.119 e. The summed E-state index contributed by atoms with van der Waals surface area (Å²) in [4.78, 5) is 12.4. The lowest BCUT2D eigenvalue weighted by atomic mass is 9.94. The van der Waals surface area contributed by atoms with E-state index in [1.807, 2.05) is 0 Å². The molecule has 0 amide bonds. The van der Waals surface area contributed by atoms with E-state index in [-0.39, 0.29) is 5.56 Å². The van der Waals surface area contributed by atoms with E-state index in [0.29, 0.717) is 12.4 Å². The molecule has 1 saturated carbocycles. The van der Waals surface area contributed by atoms with Crippen LogP contribution in [0.15, 0.2) is 24.3 Å². The SMILES string of the molecule is C[NH+](CCCOc1cccc(C(=O)[O-])c1)C1CCCCC1. The third-order valence-electron chi connectivity index (χ3n) is 4.36. The van der Waals surface area contributed by atoms with E-state index in [2.05, 4.69) is 7.05 Å². The maximum atomic E-state index is 10.8. The lowest BCUT2D eigenvalue weighted by molar-refractivity contribution is -0.907. The number of carbonyl (C=O) groups excluding carboxylic acids is 1. The van der Waals surface area contributed by atoms with Crippen LogP contribution in [0.2, 0.25) is 0 Å². The fourth-order valence-corrected chi connectivity index (χ4v) is 3.05. The second kappa shape index (κ2) is 8.03. The van der Waals surface area contributed by atoms with Crippen molar-refractivity contribution in [2.75, 3.05) is 20.2 Å². The summed E-state index contributed by atoms with van der Waals surface area (Å²) in [7, 11) is 2.27. The zero-order valence-corrected chi connectivity index (χ0v) is 12.8. The number of hydrogen-bond acceptors (Lipinski definition) is 3. The number of ether oxygens (including phenoxy) is 1. The van der Waals surface area contributed by atoms with Gasteiger partial charge in [0.15, 0.2) is 0 Å². The lowest BCUT2D eigenvalue weighted by Crippen LogP contribution is -3.13. The number of benzene rings is 1. The van der Waals surface area contributed by atoms with Gasteiger partial charge in [-0.1, -0.05) is 18.6 Å². The quantitative estimate of drug-likeness (QED) is 0.751. The Balaban J connectivity index is 1.69. The van der Waals surface area contributed by atoms with E-state index in [9.17, 15) is 9.90 Å². The number of carboxylic acid groups (broad SMARTS) is 1. The molecule has 1 N–H and O–H groups in total. The summed E-state index contributed by atoms with van der Waals surface area (Å²) in [5.74, 6) is -0.561. The fraction of sp³-hybridized carbons (Fsp3) is 0.588. The van der Waals surface area contributed by atoms with Crippen molar-refractivity contribution >= 4 is 5.97 Å². The Morgan fingerprint density at radius 1 is 1.33 bits per heavy atom. The average Bonchev–Trinajstić information content (AvgIpc) is 2.52. The van der Waals surface area contributed by atoms with Crippen LogP contribution in [0.5, 0.6) is 5.75 Å². The molecule has 0 radical (unpaired) electrons. The Bertz CT molecular complexity index is 455. The molecule has 21 heavy (non-hydrogen) atoms. The number of carbonyl (C=O) groups is 1. The molecular formula is C17H25NO3. The monoisotopic (exact) mass is 291 g/mol.